The number of methoxy groups -OCH3 is 1. The lowest BCUT2D eigenvalue weighted by atomic mass is 10.1. The van der Waals surface area contributed by atoms with Gasteiger partial charge in [-0.2, -0.15) is 0 Å². The lowest BCUT2D eigenvalue weighted by molar-refractivity contribution is 0.132. The summed E-state index contributed by atoms with van der Waals surface area (Å²) in [5.41, 5.74) is 0.888. The molecule has 0 aliphatic heterocycles. The summed E-state index contributed by atoms with van der Waals surface area (Å²) in [7, 11) is 1.71. The number of aliphatic hydroxyl groups is 1. The molecule has 100 valence electrons. The normalized spacial score (nSPS) is 18.6. The molecule has 2 N–H and O–H groups in total. The molecule has 0 radical (unpaired) electrons. The Morgan fingerprint density at radius 3 is 2.61 bits per heavy atom. The number of nitrogens with one attached hydrogen (secondary N) is 1. The molecule has 2 atom stereocenters. The van der Waals surface area contributed by atoms with Crippen LogP contribution >= 0.6 is 11.6 Å². The van der Waals surface area contributed by atoms with Gasteiger partial charge in [0.25, 0.3) is 0 Å². The minimum absolute atomic E-state index is 0.358. The molecule has 2 unspecified atom stereocenters. The fraction of sp³-hybridized carbons (Fsp3) is 0.571. The van der Waals surface area contributed by atoms with E-state index in [1.807, 2.05) is 12.1 Å². The number of halogens is 1. The first-order valence-corrected chi connectivity index (χ1v) is 6.74. The van der Waals surface area contributed by atoms with Crippen molar-refractivity contribution in [1.82, 2.24) is 5.32 Å². The molecule has 1 aliphatic rings. The van der Waals surface area contributed by atoms with Crippen molar-refractivity contribution in [2.75, 3.05) is 20.3 Å². The van der Waals surface area contributed by atoms with Crippen LogP contribution in [0.4, 0.5) is 0 Å². The number of aliphatic hydroxyl groups excluding tert-OH is 1. The largest absolute Gasteiger partial charge is 0.387 e. The topological polar surface area (TPSA) is 41.5 Å². The monoisotopic (exact) mass is 269 g/mol. The Labute approximate surface area is 113 Å². The lowest BCUT2D eigenvalue weighted by Gasteiger charge is -2.20. The maximum Gasteiger partial charge on any atom is 0.0914 e. The van der Waals surface area contributed by atoms with Crippen molar-refractivity contribution in [2.24, 2.45) is 5.92 Å². The molecule has 4 heteroatoms. The molecule has 0 aromatic heterocycles. The second kappa shape index (κ2) is 6.53. The van der Waals surface area contributed by atoms with Crippen LogP contribution in [0.2, 0.25) is 5.02 Å². The number of hydrogen-bond acceptors (Lipinski definition) is 3. The summed E-state index contributed by atoms with van der Waals surface area (Å²) in [6.45, 7) is 1.25. The maximum atomic E-state index is 10.1. The van der Waals surface area contributed by atoms with Crippen molar-refractivity contribution < 1.29 is 9.84 Å². The van der Waals surface area contributed by atoms with Crippen LogP contribution in [0.1, 0.15) is 24.5 Å². The van der Waals surface area contributed by atoms with Crippen molar-refractivity contribution in [3.05, 3.63) is 34.9 Å². The van der Waals surface area contributed by atoms with Crippen LogP contribution < -0.4 is 5.32 Å². The zero-order valence-corrected chi connectivity index (χ0v) is 11.4. The summed E-state index contributed by atoms with van der Waals surface area (Å²) in [6.07, 6.45) is 2.02. The van der Waals surface area contributed by atoms with E-state index in [2.05, 4.69) is 5.32 Å². The van der Waals surface area contributed by atoms with E-state index in [1.54, 1.807) is 19.2 Å². The molecule has 0 spiro atoms. The van der Waals surface area contributed by atoms with Gasteiger partial charge in [-0.15, -0.1) is 0 Å². The molecule has 1 aromatic rings. The van der Waals surface area contributed by atoms with Crippen LogP contribution in [0.3, 0.4) is 0 Å². The van der Waals surface area contributed by atoms with E-state index in [4.69, 9.17) is 16.3 Å². The molecule has 1 fully saturated rings. The number of hydrogen-bond donors (Lipinski definition) is 2. The van der Waals surface area contributed by atoms with Crippen LogP contribution in [0.25, 0.3) is 0 Å². The zero-order valence-electron chi connectivity index (χ0n) is 10.6. The van der Waals surface area contributed by atoms with Crippen molar-refractivity contribution in [1.29, 1.82) is 0 Å². The first-order chi connectivity index (χ1) is 8.70. The van der Waals surface area contributed by atoms with E-state index in [0.717, 1.165) is 5.56 Å². The third-order valence-corrected chi connectivity index (χ3v) is 3.62. The molecule has 0 bridgehead atoms. The second-order valence-corrected chi connectivity index (χ2v) is 5.31. The Balaban J connectivity index is 1.82. The molecule has 0 saturated heterocycles. The van der Waals surface area contributed by atoms with Crippen LogP contribution in [0, 0.1) is 5.92 Å². The minimum atomic E-state index is -0.500. The van der Waals surface area contributed by atoms with Gasteiger partial charge in [-0.3, -0.25) is 0 Å². The Kier molecular flexibility index (Phi) is 5.01. The number of ether oxygens (including phenoxy) is 1. The molecule has 1 saturated carbocycles. The Morgan fingerprint density at radius 1 is 1.39 bits per heavy atom. The van der Waals surface area contributed by atoms with Gasteiger partial charge < -0.3 is 15.2 Å². The standard InChI is InChI=1S/C14H20ClNO2/c1-18-9-13(10-2-3-10)16-8-14(17)11-4-6-12(15)7-5-11/h4-7,10,13-14,16-17H,2-3,8-9H2,1H3. The fourth-order valence-corrected chi connectivity index (χ4v) is 2.23. The van der Waals surface area contributed by atoms with Crippen molar-refractivity contribution in [3.63, 3.8) is 0 Å². The average molecular weight is 270 g/mol. The van der Waals surface area contributed by atoms with Gasteiger partial charge in [0.15, 0.2) is 0 Å². The van der Waals surface area contributed by atoms with Gasteiger partial charge in [0.2, 0.25) is 0 Å². The van der Waals surface area contributed by atoms with Gasteiger partial charge in [-0.05, 0) is 36.5 Å². The van der Waals surface area contributed by atoms with E-state index in [1.165, 1.54) is 12.8 Å². The second-order valence-electron chi connectivity index (χ2n) is 4.87. The summed E-state index contributed by atoms with van der Waals surface area (Å²) >= 11 is 5.82. The van der Waals surface area contributed by atoms with E-state index < -0.39 is 6.10 Å². The third-order valence-electron chi connectivity index (χ3n) is 3.37. The summed E-state index contributed by atoms with van der Waals surface area (Å²) < 4.78 is 5.20. The van der Waals surface area contributed by atoms with Gasteiger partial charge in [-0.1, -0.05) is 23.7 Å². The van der Waals surface area contributed by atoms with E-state index in [9.17, 15) is 5.11 Å². The SMILES string of the molecule is COCC(NCC(O)c1ccc(Cl)cc1)C1CC1. The molecule has 3 nitrogen and oxygen atoms in total. The number of benzene rings is 1. The smallest absolute Gasteiger partial charge is 0.0914 e. The van der Waals surface area contributed by atoms with Gasteiger partial charge in [0.1, 0.15) is 0 Å². The van der Waals surface area contributed by atoms with Crippen molar-refractivity contribution >= 4 is 11.6 Å². The minimum Gasteiger partial charge on any atom is -0.387 e. The molecule has 1 aliphatic carbocycles. The Bertz CT molecular complexity index is 365. The Hall–Kier alpha value is -0.610. The Morgan fingerprint density at radius 2 is 2.06 bits per heavy atom. The highest BCUT2D eigenvalue weighted by molar-refractivity contribution is 6.30. The van der Waals surface area contributed by atoms with Gasteiger partial charge >= 0.3 is 0 Å². The predicted octanol–water partition coefficient (Wildman–Crippen LogP) is 2.39. The van der Waals surface area contributed by atoms with E-state index in [0.29, 0.717) is 30.1 Å². The summed E-state index contributed by atoms with van der Waals surface area (Å²) in [6, 6.07) is 7.67. The van der Waals surface area contributed by atoms with Crippen LogP contribution in [0.15, 0.2) is 24.3 Å². The molecule has 18 heavy (non-hydrogen) atoms. The van der Waals surface area contributed by atoms with Crippen molar-refractivity contribution in [3.8, 4) is 0 Å². The zero-order chi connectivity index (χ0) is 13.0. The van der Waals surface area contributed by atoms with Gasteiger partial charge in [0, 0.05) is 24.7 Å². The maximum absolute atomic E-state index is 10.1. The van der Waals surface area contributed by atoms with E-state index in [-0.39, 0.29) is 0 Å². The lowest BCUT2D eigenvalue weighted by Crippen LogP contribution is -2.37. The predicted molar refractivity (Wildman–Crippen MR) is 72.8 cm³/mol. The molecular formula is C14H20ClNO2. The molecule has 1 aromatic carbocycles. The molecule has 0 heterocycles. The highest BCUT2D eigenvalue weighted by atomic mass is 35.5. The van der Waals surface area contributed by atoms with Crippen molar-refractivity contribution in [2.45, 2.75) is 25.0 Å². The molecule has 2 rings (SSSR count). The first-order valence-electron chi connectivity index (χ1n) is 6.36. The number of rotatable bonds is 7. The summed E-state index contributed by atoms with van der Waals surface area (Å²) in [5.74, 6) is 0.711. The summed E-state index contributed by atoms with van der Waals surface area (Å²) in [5, 5.41) is 14.2. The van der Waals surface area contributed by atoms with Crippen LogP contribution in [-0.2, 0) is 4.74 Å². The van der Waals surface area contributed by atoms with Crippen LogP contribution in [0.5, 0.6) is 0 Å². The summed E-state index contributed by atoms with van der Waals surface area (Å²) in [4.78, 5) is 0. The third kappa shape index (κ3) is 3.95. The van der Waals surface area contributed by atoms with Crippen LogP contribution in [-0.4, -0.2) is 31.4 Å². The highest BCUT2D eigenvalue weighted by Crippen LogP contribution is 2.32. The molecule has 0 amide bonds. The van der Waals surface area contributed by atoms with Gasteiger partial charge in [-0.25, -0.2) is 0 Å². The quantitative estimate of drug-likeness (QED) is 0.799. The fourth-order valence-electron chi connectivity index (χ4n) is 2.11. The first kappa shape index (κ1) is 13.8. The van der Waals surface area contributed by atoms with Gasteiger partial charge in [0.05, 0.1) is 12.7 Å². The van der Waals surface area contributed by atoms with E-state index >= 15 is 0 Å². The molecular weight excluding hydrogens is 250 g/mol. The average Bonchev–Trinajstić information content (AvgIpc) is 3.19. The highest BCUT2D eigenvalue weighted by Gasteiger charge is 2.31.